The van der Waals surface area contributed by atoms with Crippen LogP contribution >= 0.6 is 11.6 Å². The third kappa shape index (κ3) is 3.27. The fraction of sp³-hybridized carbons (Fsp3) is 0.812. The summed E-state index contributed by atoms with van der Waals surface area (Å²) in [5.74, 6) is 0. The number of aromatic nitrogens is 2. The van der Waals surface area contributed by atoms with Gasteiger partial charge in [-0.3, -0.25) is 14.5 Å². The van der Waals surface area contributed by atoms with Crippen LogP contribution in [0.2, 0.25) is 5.15 Å². The minimum Gasteiger partial charge on any atom is -0.299 e. The van der Waals surface area contributed by atoms with Crippen LogP contribution < -0.4 is 0 Å². The van der Waals surface area contributed by atoms with E-state index in [1.807, 2.05) is 11.7 Å². The molecule has 1 atom stereocenters. The second kappa shape index (κ2) is 6.67. The highest BCUT2D eigenvalue weighted by molar-refractivity contribution is 6.30. The van der Waals surface area contributed by atoms with Gasteiger partial charge >= 0.3 is 0 Å². The molecule has 1 aromatic heterocycles. The molecule has 0 bridgehead atoms. The first kappa shape index (κ1) is 15.3. The smallest absolute Gasteiger partial charge is 0.131 e. The van der Waals surface area contributed by atoms with Crippen molar-refractivity contribution in [3.63, 3.8) is 0 Å². The molecule has 0 unspecified atom stereocenters. The van der Waals surface area contributed by atoms with Gasteiger partial charge in [0.05, 0.1) is 5.69 Å². The zero-order valence-electron chi connectivity index (χ0n) is 13.3. The van der Waals surface area contributed by atoms with E-state index in [4.69, 9.17) is 11.6 Å². The first-order chi connectivity index (χ1) is 10.2. The SMILES string of the molecule is CCc1nn(C)c(Cl)c1CN1CC[C@H](N2CCCCC2)C1. The molecule has 3 rings (SSSR count). The Balaban J connectivity index is 1.62. The molecule has 4 nitrogen and oxygen atoms in total. The largest absolute Gasteiger partial charge is 0.299 e. The molecule has 118 valence electrons. The molecule has 2 aliphatic heterocycles. The summed E-state index contributed by atoms with van der Waals surface area (Å²) >= 11 is 6.42. The highest BCUT2D eigenvalue weighted by Crippen LogP contribution is 2.26. The molecule has 3 heterocycles. The molecule has 2 saturated heterocycles. The zero-order valence-corrected chi connectivity index (χ0v) is 14.1. The molecule has 0 amide bonds. The average molecular weight is 311 g/mol. The summed E-state index contributed by atoms with van der Waals surface area (Å²) < 4.78 is 1.81. The number of piperidine rings is 1. The average Bonchev–Trinajstić information content (AvgIpc) is 3.08. The summed E-state index contributed by atoms with van der Waals surface area (Å²) in [7, 11) is 1.94. The summed E-state index contributed by atoms with van der Waals surface area (Å²) in [6.07, 6.45) is 6.44. The maximum atomic E-state index is 6.42. The highest BCUT2D eigenvalue weighted by atomic mass is 35.5. The van der Waals surface area contributed by atoms with Gasteiger partial charge in [0, 0.05) is 38.3 Å². The predicted octanol–water partition coefficient (Wildman–Crippen LogP) is 2.70. The molecule has 2 fully saturated rings. The minimum atomic E-state index is 0.755. The van der Waals surface area contributed by atoms with Crippen LogP contribution in [0.5, 0.6) is 0 Å². The van der Waals surface area contributed by atoms with Crippen LogP contribution in [-0.4, -0.2) is 51.8 Å². The molecule has 21 heavy (non-hydrogen) atoms. The lowest BCUT2D eigenvalue weighted by molar-refractivity contribution is 0.161. The zero-order chi connectivity index (χ0) is 14.8. The van der Waals surface area contributed by atoms with Gasteiger partial charge in [0.15, 0.2) is 0 Å². The van der Waals surface area contributed by atoms with E-state index in [-0.39, 0.29) is 0 Å². The monoisotopic (exact) mass is 310 g/mol. The molecular weight excluding hydrogens is 284 g/mol. The van der Waals surface area contributed by atoms with Gasteiger partial charge in [0.25, 0.3) is 0 Å². The van der Waals surface area contributed by atoms with Crippen molar-refractivity contribution in [3.8, 4) is 0 Å². The van der Waals surface area contributed by atoms with E-state index in [0.29, 0.717) is 0 Å². The third-order valence-electron chi connectivity index (χ3n) is 5.02. The minimum absolute atomic E-state index is 0.755. The van der Waals surface area contributed by atoms with Crippen LogP contribution in [0, 0.1) is 0 Å². The van der Waals surface area contributed by atoms with Crippen molar-refractivity contribution in [1.29, 1.82) is 0 Å². The second-order valence-electron chi connectivity index (χ2n) is 6.47. The van der Waals surface area contributed by atoms with E-state index >= 15 is 0 Å². The summed E-state index contributed by atoms with van der Waals surface area (Å²) in [6, 6.07) is 0.755. The van der Waals surface area contributed by atoms with Crippen molar-refractivity contribution >= 4 is 11.6 Å². The van der Waals surface area contributed by atoms with E-state index in [2.05, 4.69) is 21.8 Å². The van der Waals surface area contributed by atoms with E-state index in [0.717, 1.165) is 29.9 Å². The van der Waals surface area contributed by atoms with Crippen molar-refractivity contribution in [1.82, 2.24) is 19.6 Å². The van der Waals surface area contributed by atoms with Gasteiger partial charge in [-0.2, -0.15) is 5.10 Å². The number of likely N-dealkylation sites (tertiary alicyclic amines) is 2. The summed E-state index contributed by atoms with van der Waals surface area (Å²) in [4.78, 5) is 5.26. The molecule has 0 saturated carbocycles. The van der Waals surface area contributed by atoms with Crippen molar-refractivity contribution in [2.24, 2.45) is 7.05 Å². The molecule has 0 N–H and O–H groups in total. The van der Waals surface area contributed by atoms with Crippen molar-refractivity contribution in [2.75, 3.05) is 26.2 Å². The predicted molar refractivity (Wildman–Crippen MR) is 86.7 cm³/mol. The van der Waals surface area contributed by atoms with Gasteiger partial charge in [-0.25, -0.2) is 0 Å². The van der Waals surface area contributed by atoms with Gasteiger partial charge in [-0.1, -0.05) is 24.9 Å². The summed E-state index contributed by atoms with van der Waals surface area (Å²) in [6.45, 7) is 8.09. The van der Waals surface area contributed by atoms with Crippen LogP contribution in [0.3, 0.4) is 0 Å². The first-order valence-electron chi connectivity index (χ1n) is 8.35. The van der Waals surface area contributed by atoms with Gasteiger partial charge < -0.3 is 0 Å². The molecule has 0 aromatic carbocycles. The lowest BCUT2D eigenvalue weighted by Crippen LogP contribution is -2.40. The van der Waals surface area contributed by atoms with Crippen molar-refractivity contribution < 1.29 is 0 Å². The third-order valence-corrected chi connectivity index (χ3v) is 5.50. The number of nitrogens with zero attached hydrogens (tertiary/aromatic N) is 4. The fourth-order valence-corrected chi connectivity index (χ4v) is 4.01. The Morgan fingerprint density at radius 3 is 2.67 bits per heavy atom. The number of aryl methyl sites for hydroxylation is 2. The molecule has 2 aliphatic rings. The lowest BCUT2D eigenvalue weighted by Gasteiger charge is -2.32. The standard InChI is InChI=1S/C16H27ClN4/c1-3-15-14(16(17)19(2)18-15)12-20-10-7-13(11-20)21-8-5-4-6-9-21/h13H,3-12H2,1-2H3/t13-/m0/s1. The quantitative estimate of drug-likeness (QED) is 0.854. The fourth-order valence-electron chi connectivity index (χ4n) is 3.80. The van der Waals surface area contributed by atoms with Crippen LogP contribution in [0.1, 0.15) is 43.9 Å². The van der Waals surface area contributed by atoms with Crippen LogP contribution in [0.15, 0.2) is 0 Å². The Bertz CT molecular complexity index is 479. The molecular formula is C16H27ClN4. The van der Waals surface area contributed by atoms with Gasteiger partial charge in [0.2, 0.25) is 0 Å². The van der Waals surface area contributed by atoms with Gasteiger partial charge in [-0.05, 0) is 38.8 Å². The topological polar surface area (TPSA) is 24.3 Å². The van der Waals surface area contributed by atoms with Crippen molar-refractivity contribution in [3.05, 3.63) is 16.4 Å². The van der Waals surface area contributed by atoms with Crippen LogP contribution in [-0.2, 0) is 20.0 Å². The van der Waals surface area contributed by atoms with Crippen LogP contribution in [0.25, 0.3) is 0 Å². The summed E-state index contributed by atoms with van der Waals surface area (Å²) in [5, 5.41) is 5.34. The Morgan fingerprint density at radius 1 is 1.19 bits per heavy atom. The molecule has 5 heteroatoms. The number of hydrogen-bond acceptors (Lipinski definition) is 3. The number of hydrogen-bond donors (Lipinski definition) is 0. The maximum Gasteiger partial charge on any atom is 0.131 e. The Morgan fingerprint density at radius 2 is 1.95 bits per heavy atom. The van der Waals surface area contributed by atoms with E-state index in [1.165, 1.54) is 57.4 Å². The number of rotatable bonds is 4. The van der Waals surface area contributed by atoms with E-state index < -0.39 is 0 Å². The highest BCUT2D eigenvalue weighted by Gasteiger charge is 2.29. The second-order valence-corrected chi connectivity index (χ2v) is 6.83. The van der Waals surface area contributed by atoms with E-state index in [9.17, 15) is 0 Å². The Hall–Kier alpha value is -0.580. The van der Waals surface area contributed by atoms with Gasteiger partial charge in [0.1, 0.15) is 5.15 Å². The molecule has 0 aliphatic carbocycles. The molecule has 0 spiro atoms. The number of halogens is 1. The van der Waals surface area contributed by atoms with Gasteiger partial charge in [-0.15, -0.1) is 0 Å². The molecule has 0 radical (unpaired) electrons. The maximum absolute atomic E-state index is 6.42. The Labute approximate surface area is 133 Å². The normalized spacial score (nSPS) is 24.8. The summed E-state index contributed by atoms with van der Waals surface area (Å²) in [5.41, 5.74) is 2.39. The Kier molecular flexibility index (Phi) is 4.87. The van der Waals surface area contributed by atoms with Crippen molar-refractivity contribution in [2.45, 2.75) is 51.6 Å². The molecule has 1 aromatic rings. The van der Waals surface area contributed by atoms with E-state index in [1.54, 1.807) is 0 Å². The first-order valence-corrected chi connectivity index (χ1v) is 8.73. The lowest BCUT2D eigenvalue weighted by atomic mass is 10.1. The van der Waals surface area contributed by atoms with Crippen LogP contribution in [0.4, 0.5) is 0 Å².